The molecule has 0 saturated carbocycles. The SMILES string of the molecule is FC(F)(F)CC=C(Cl)c1ccccc1. The first-order chi connectivity index (χ1) is 6.49. The molecule has 0 saturated heterocycles. The van der Waals surface area contributed by atoms with E-state index in [0.29, 0.717) is 5.56 Å². The smallest absolute Gasteiger partial charge is 0.171 e. The maximum Gasteiger partial charge on any atom is 0.392 e. The average Bonchev–Trinajstić information content (AvgIpc) is 2.14. The van der Waals surface area contributed by atoms with Crippen LogP contribution < -0.4 is 0 Å². The van der Waals surface area contributed by atoms with Crippen molar-refractivity contribution >= 4 is 16.6 Å². The molecule has 76 valence electrons. The molecule has 4 heteroatoms. The first-order valence-electron chi connectivity index (χ1n) is 3.97. The van der Waals surface area contributed by atoms with Gasteiger partial charge in [-0.1, -0.05) is 48.0 Å². The van der Waals surface area contributed by atoms with Gasteiger partial charge in [0.15, 0.2) is 0 Å². The van der Waals surface area contributed by atoms with E-state index in [0.717, 1.165) is 6.08 Å². The fraction of sp³-hybridized carbons (Fsp3) is 0.200. The molecule has 0 unspecified atom stereocenters. The van der Waals surface area contributed by atoms with Crippen LogP contribution in [0.2, 0.25) is 0 Å². The van der Waals surface area contributed by atoms with Gasteiger partial charge in [-0.05, 0) is 5.56 Å². The minimum absolute atomic E-state index is 0.128. The molecule has 0 spiro atoms. The van der Waals surface area contributed by atoms with Crippen LogP contribution in [-0.2, 0) is 0 Å². The molecular weight excluding hydrogens is 213 g/mol. The highest BCUT2D eigenvalue weighted by Gasteiger charge is 2.25. The molecule has 0 aliphatic rings. The molecule has 0 heterocycles. The molecule has 1 aromatic carbocycles. The van der Waals surface area contributed by atoms with Crippen molar-refractivity contribution in [2.45, 2.75) is 12.6 Å². The Balaban J connectivity index is 2.71. The number of benzene rings is 1. The monoisotopic (exact) mass is 220 g/mol. The zero-order valence-corrected chi connectivity index (χ0v) is 7.94. The predicted octanol–water partition coefficient (Wildman–Crippen LogP) is 4.22. The number of rotatable bonds is 2. The van der Waals surface area contributed by atoms with Crippen LogP contribution in [0.3, 0.4) is 0 Å². The van der Waals surface area contributed by atoms with Gasteiger partial charge in [-0.25, -0.2) is 0 Å². The van der Waals surface area contributed by atoms with Crippen molar-refractivity contribution in [3.8, 4) is 0 Å². The summed E-state index contributed by atoms with van der Waals surface area (Å²) < 4.78 is 35.5. The second-order valence-electron chi connectivity index (χ2n) is 2.74. The van der Waals surface area contributed by atoms with Crippen molar-refractivity contribution in [3.63, 3.8) is 0 Å². The van der Waals surface area contributed by atoms with Crippen LogP contribution in [0.4, 0.5) is 13.2 Å². The van der Waals surface area contributed by atoms with Crippen LogP contribution in [-0.4, -0.2) is 6.18 Å². The van der Waals surface area contributed by atoms with Gasteiger partial charge in [-0.3, -0.25) is 0 Å². The highest BCUT2D eigenvalue weighted by molar-refractivity contribution is 6.48. The van der Waals surface area contributed by atoms with Gasteiger partial charge in [0.1, 0.15) is 0 Å². The maximum absolute atomic E-state index is 11.8. The molecule has 0 aromatic heterocycles. The molecule has 0 atom stereocenters. The first kappa shape index (κ1) is 11.1. The van der Waals surface area contributed by atoms with E-state index in [2.05, 4.69) is 0 Å². The Kier molecular flexibility index (Phi) is 3.58. The van der Waals surface area contributed by atoms with Crippen LogP contribution in [0.15, 0.2) is 36.4 Å². The van der Waals surface area contributed by atoms with Gasteiger partial charge in [-0.2, -0.15) is 13.2 Å². The molecule has 0 radical (unpaired) electrons. The van der Waals surface area contributed by atoms with E-state index in [1.807, 2.05) is 0 Å². The molecule has 14 heavy (non-hydrogen) atoms. The molecule has 0 nitrogen and oxygen atoms in total. The van der Waals surface area contributed by atoms with E-state index in [1.165, 1.54) is 0 Å². The molecule has 0 bridgehead atoms. The van der Waals surface area contributed by atoms with E-state index < -0.39 is 12.6 Å². The van der Waals surface area contributed by atoms with Crippen LogP contribution in [0.5, 0.6) is 0 Å². The molecule has 0 fully saturated rings. The summed E-state index contributed by atoms with van der Waals surface area (Å²) in [6, 6.07) is 8.54. The first-order valence-corrected chi connectivity index (χ1v) is 4.35. The van der Waals surface area contributed by atoms with E-state index in [-0.39, 0.29) is 5.03 Å². The van der Waals surface area contributed by atoms with Crippen molar-refractivity contribution in [1.29, 1.82) is 0 Å². The Morgan fingerprint density at radius 2 is 1.79 bits per heavy atom. The van der Waals surface area contributed by atoms with Gasteiger partial charge in [-0.15, -0.1) is 0 Å². The Hall–Kier alpha value is -0.960. The summed E-state index contributed by atoms with van der Waals surface area (Å²) in [6.07, 6.45) is -4.23. The normalized spacial score (nSPS) is 13.0. The summed E-state index contributed by atoms with van der Waals surface area (Å²) in [5, 5.41) is 0.128. The third-order valence-corrected chi connectivity index (χ3v) is 1.93. The van der Waals surface area contributed by atoms with Crippen LogP contribution in [0.1, 0.15) is 12.0 Å². The summed E-state index contributed by atoms with van der Waals surface area (Å²) in [5.41, 5.74) is 0.596. The quantitative estimate of drug-likeness (QED) is 0.700. The lowest BCUT2D eigenvalue weighted by Gasteiger charge is -2.02. The zero-order valence-electron chi connectivity index (χ0n) is 7.18. The largest absolute Gasteiger partial charge is 0.392 e. The van der Waals surface area contributed by atoms with Crippen LogP contribution >= 0.6 is 11.6 Å². The van der Waals surface area contributed by atoms with Crippen LogP contribution in [0, 0.1) is 0 Å². The van der Waals surface area contributed by atoms with Gasteiger partial charge in [0.25, 0.3) is 0 Å². The summed E-state index contributed by atoms with van der Waals surface area (Å²) >= 11 is 5.67. The molecule has 1 aromatic rings. The number of alkyl halides is 3. The van der Waals surface area contributed by atoms with Gasteiger partial charge in [0, 0.05) is 5.03 Å². The van der Waals surface area contributed by atoms with Crippen molar-refractivity contribution in [2.24, 2.45) is 0 Å². The Morgan fingerprint density at radius 3 is 2.29 bits per heavy atom. The summed E-state index contributed by atoms with van der Waals surface area (Å²) in [6.45, 7) is 0. The Labute approximate surface area is 85.0 Å². The van der Waals surface area contributed by atoms with Crippen molar-refractivity contribution in [2.75, 3.05) is 0 Å². The Bertz CT molecular complexity index is 314. The second-order valence-corrected chi connectivity index (χ2v) is 3.14. The predicted molar refractivity (Wildman–Crippen MR) is 50.9 cm³/mol. The highest BCUT2D eigenvalue weighted by Crippen LogP contribution is 2.25. The molecule has 0 N–H and O–H groups in total. The summed E-state index contributed by atoms with van der Waals surface area (Å²) in [7, 11) is 0. The van der Waals surface area contributed by atoms with E-state index in [9.17, 15) is 13.2 Å². The second kappa shape index (κ2) is 4.51. The Morgan fingerprint density at radius 1 is 1.21 bits per heavy atom. The lowest BCUT2D eigenvalue weighted by Crippen LogP contribution is -2.04. The van der Waals surface area contributed by atoms with E-state index >= 15 is 0 Å². The molecular formula is C10H8ClF3. The van der Waals surface area contributed by atoms with Gasteiger partial charge >= 0.3 is 6.18 Å². The van der Waals surface area contributed by atoms with Crippen molar-refractivity contribution in [3.05, 3.63) is 42.0 Å². The van der Waals surface area contributed by atoms with E-state index in [4.69, 9.17) is 11.6 Å². The topological polar surface area (TPSA) is 0 Å². The summed E-state index contributed by atoms with van der Waals surface area (Å²) in [5.74, 6) is 0. The van der Waals surface area contributed by atoms with Crippen molar-refractivity contribution in [1.82, 2.24) is 0 Å². The lowest BCUT2D eigenvalue weighted by molar-refractivity contribution is -0.124. The minimum atomic E-state index is -4.20. The molecule has 0 aliphatic heterocycles. The third-order valence-electron chi connectivity index (χ3n) is 1.56. The number of hydrogen-bond acceptors (Lipinski definition) is 0. The van der Waals surface area contributed by atoms with Crippen molar-refractivity contribution < 1.29 is 13.2 Å². The third kappa shape index (κ3) is 3.83. The van der Waals surface area contributed by atoms with E-state index in [1.54, 1.807) is 30.3 Å². The lowest BCUT2D eigenvalue weighted by atomic mass is 10.2. The van der Waals surface area contributed by atoms with Crippen LogP contribution in [0.25, 0.3) is 5.03 Å². The zero-order chi connectivity index (χ0) is 10.6. The minimum Gasteiger partial charge on any atom is -0.171 e. The molecule has 0 aliphatic carbocycles. The molecule has 1 rings (SSSR count). The fourth-order valence-corrected chi connectivity index (χ4v) is 1.12. The van der Waals surface area contributed by atoms with Gasteiger partial charge in [0.2, 0.25) is 0 Å². The summed E-state index contributed by atoms with van der Waals surface area (Å²) in [4.78, 5) is 0. The number of halogens is 4. The number of hydrogen-bond donors (Lipinski definition) is 0. The maximum atomic E-state index is 11.8. The highest BCUT2D eigenvalue weighted by atomic mass is 35.5. The van der Waals surface area contributed by atoms with Gasteiger partial charge < -0.3 is 0 Å². The number of allylic oxidation sites excluding steroid dienone is 1. The molecule has 0 amide bonds. The standard InChI is InChI=1S/C10H8ClF3/c11-9(6-7-10(12,13)14)8-4-2-1-3-5-8/h1-6H,7H2. The van der Waals surface area contributed by atoms with Gasteiger partial charge in [0.05, 0.1) is 6.42 Å². The average molecular weight is 221 g/mol. The fourth-order valence-electron chi connectivity index (χ4n) is 0.921.